The SMILES string of the molecule is C[C@@H]1CN(c2nc3ccccc3n(C)c2=O)[C@@H]1C(=O)O. The van der Waals surface area contributed by atoms with E-state index in [1.54, 1.807) is 11.9 Å². The highest BCUT2D eigenvalue weighted by Crippen LogP contribution is 2.28. The molecule has 1 aromatic heterocycles. The fourth-order valence-corrected chi connectivity index (χ4v) is 2.74. The van der Waals surface area contributed by atoms with E-state index in [1.165, 1.54) is 4.57 Å². The maximum absolute atomic E-state index is 12.4. The monoisotopic (exact) mass is 273 g/mol. The van der Waals surface area contributed by atoms with Crippen LogP contribution in [0.4, 0.5) is 5.82 Å². The number of aliphatic carboxylic acids is 1. The molecule has 1 saturated heterocycles. The van der Waals surface area contributed by atoms with Crippen LogP contribution in [0, 0.1) is 5.92 Å². The van der Waals surface area contributed by atoms with E-state index in [0.717, 1.165) is 5.52 Å². The molecule has 0 spiro atoms. The van der Waals surface area contributed by atoms with Gasteiger partial charge < -0.3 is 14.6 Å². The van der Waals surface area contributed by atoms with E-state index < -0.39 is 12.0 Å². The lowest BCUT2D eigenvalue weighted by molar-refractivity contribution is -0.141. The van der Waals surface area contributed by atoms with Crippen molar-refractivity contribution < 1.29 is 9.90 Å². The van der Waals surface area contributed by atoms with Crippen molar-refractivity contribution in [2.45, 2.75) is 13.0 Å². The van der Waals surface area contributed by atoms with Gasteiger partial charge in [-0.1, -0.05) is 19.1 Å². The van der Waals surface area contributed by atoms with Crippen molar-refractivity contribution in [3.63, 3.8) is 0 Å². The van der Waals surface area contributed by atoms with E-state index in [1.807, 2.05) is 31.2 Å². The summed E-state index contributed by atoms with van der Waals surface area (Å²) < 4.78 is 1.51. The molecule has 0 aliphatic carbocycles. The van der Waals surface area contributed by atoms with Gasteiger partial charge in [0.1, 0.15) is 6.04 Å². The summed E-state index contributed by atoms with van der Waals surface area (Å²) in [6.07, 6.45) is 0. The van der Waals surface area contributed by atoms with Gasteiger partial charge in [0.05, 0.1) is 11.0 Å². The predicted octanol–water partition coefficient (Wildman–Crippen LogP) is 0.843. The van der Waals surface area contributed by atoms with Gasteiger partial charge in [0.15, 0.2) is 5.82 Å². The summed E-state index contributed by atoms with van der Waals surface area (Å²) in [7, 11) is 1.68. The van der Waals surface area contributed by atoms with Crippen LogP contribution in [0.2, 0.25) is 0 Å². The molecule has 1 fully saturated rings. The van der Waals surface area contributed by atoms with Crippen LogP contribution in [0.1, 0.15) is 6.92 Å². The second-order valence-electron chi connectivity index (χ2n) is 5.20. The maximum Gasteiger partial charge on any atom is 0.326 e. The molecule has 2 aromatic rings. The van der Waals surface area contributed by atoms with Gasteiger partial charge in [-0.3, -0.25) is 4.79 Å². The quantitative estimate of drug-likeness (QED) is 0.877. The Hall–Kier alpha value is -2.37. The van der Waals surface area contributed by atoms with Gasteiger partial charge >= 0.3 is 5.97 Å². The van der Waals surface area contributed by atoms with Crippen molar-refractivity contribution >= 4 is 22.8 Å². The van der Waals surface area contributed by atoms with Crippen LogP contribution in [-0.4, -0.2) is 33.2 Å². The van der Waals surface area contributed by atoms with Gasteiger partial charge in [0.25, 0.3) is 5.56 Å². The van der Waals surface area contributed by atoms with Gasteiger partial charge in [0, 0.05) is 19.5 Å². The molecule has 0 radical (unpaired) electrons. The molecular formula is C14H15N3O3. The molecule has 0 saturated carbocycles. The maximum atomic E-state index is 12.4. The molecule has 6 heteroatoms. The van der Waals surface area contributed by atoms with Crippen LogP contribution >= 0.6 is 0 Å². The van der Waals surface area contributed by atoms with Crippen molar-refractivity contribution in [3.05, 3.63) is 34.6 Å². The molecule has 2 heterocycles. The van der Waals surface area contributed by atoms with E-state index in [4.69, 9.17) is 0 Å². The number of anilines is 1. The molecule has 1 aliphatic heterocycles. The summed E-state index contributed by atoms with van der Waals surface area (Å²) in [5, 5.41) is 9.23. The highest BCUT2D eigenvalue weighted by molar-refractivity contribution is 5.82. The lowest BCUT2D eigenvalue weighted by Crippen LogP contribution is -2.61. The third-order valence-corrected chi connectivity index (χ3v) is 3.85. The molecule has 0 bridgehead atoms. The highest BCUT2D eigenvalue weighted by atomic mass is 16.4. The highest BCUT2D eigenvalue weighted by Gasteiger charge is 2.43. The van der Waals surface area contributed by atoms with Crippen LogP contribution in [-0.2, 0) is 11.8 Å². The summed E-state index contributed by atoms with van der Waals surface area (Å²) in [5.41, 5.74) is 1.16. The first-order valence-electron chi connectivity index (χ1n) is 6.46. The first-order valence-corrected chi connectivity index (χ1v) is 6.46. The normalized spacial score (nSPS) is 21.8. The fourth-order valence-electron chi connectivity index (χ4n) is 2.74. The van der Waals surface area contributed by atoms with E-state index >= 15 is 0 Å². The topological polar surface area (TPSA) is 75.4 Å². The number of carboxylic acids is 1. The Morgan fingerprint density at radius 3 is 2.75 bits per heavy atom. The van der Waals surface area contributed by atoms with Gasteiger partial charge in [0.2, 0.25) is 0 Å². The molecule has 0 unspecified atom stereocenters. The Morgan fingerprint density at radius 2 is 2.10 bits per heavy atom. The third-order valence-electron chi connectivity index (χ3n) is 3.85. The third kappa shape index (κ3) is 1.68. The zero-order valence-electron chi connectivity index (χ0n) is 11.3. The van der Waals surface area contributed by atoms with E-state index in [0.29, 0.717) is 12.1 Å². The van der Waals surface area contributed by atoms with Crippen LogP contribution in [0.25, 0.3) is 11.0 Å². The smallest absolute Gasteiger partial charge is 0.326 e. The summed E-state index contributed by atoms with van der Waals surface area (Å²) in [6, 6.07) is 6.65. The Morgan fingerprint density at radius 1 is 1.40 bits per heavy atom. The number of aryl methyl sites for hydroxylation is 1. The molecule has 1 N–H and O–H groups in total. The van der Waals surface area contributed by atoms with Crippen LogP contribution in [0.3, 0.4) is 0 Å². The molecule has 6 nitrogen and oxygen atoms in total. The standard InChI is InChI=1S/C14H15N3O3/c1-8-7-17(11(8)14(19)20)12-13(18)16(2)10-6-4-3-5-9(10)15-12/h3-6,8,11H,7H2,1-2H3,(H,19,20)/t8-,11+/m1/s1. The van der Waals surface area contributed by atoms with Crippen molar-refractivity contribution in [2.75, 3.05) is 11.4 Å². The molecule has 20 heavy (non-hydrogen) atoms. The van der Waals surface area contributed by atoms with Crippen molar-refractivity contribution in [3.8, 4) is 0 Å². The summed E-state index contributed by atoms with van der Waals surface area (Å²) in [4.78, 5) is 29.5. The number of para-hydroxylation sites is 2. The Kier molecular flexibility index (Phi) is 2.74. The minimum absolute atomic E-state index is 0.0190. The number of fused-ring (bicyclic) bond motifs is 1. The molecule has 1 aliphatic rings. The molecule has 1 aromatic carbocycles. The number of aromatic nitrogens is 2. The van der Waals surface area contributed by atoms with Gasteiger partial charge in [-0.2, -0.15) is 0 Å². The Balaban J connectivity index is 2.16. The minimum atomic E-state index is -0.916. The summed E-state index contributed by atoms with van der Waals surface area (Å²) in [5.74, 6) is -0.678. The average molecular weight is 273 g/mol. The van der Waals surface area contributed by atoms with Crippen LogP contribution in [0.5, 0.6) is 0 Å². The first-order chi connectivity index (χ1) is 9.50. The van der Waals surface area contributed by atoms with Crippen molar-refractivity contribution in [2.24, 2.45) is 13.0 Å². The van der Waals surface area contributed by atoms with E-state index in [-0.39, 0.29) is 17.3 Å². The van der Waals surface area contributed by atoms with Crippen LogP contribution in [0.15, 0.2) is 29.1 Å². The largest absolute Gasteiger partial charge is 0.480 e. The number of carboxylic acid groups (broad SMARTS) is 1. The molecule has 3 rings (SSSR count). The van der Waals surface area contributed by atoms with Gasteiger partial charge in [-0.25, -0.2) is 9.78 Å². The minimum Gasteiger partial charge on any atom is -0.480 e. The molecule has 2 atom stereocenters. The predicted molar refractivity (Wildman–Crippen MR) is 74.9 cm³/mol. The average Bonchev–Trinajstić information content (AvgIpc) is 2.39. The number of rotatable bonds is 2. The number of carbonyl (C=O) groups is 1. The zero-order chi connectivity index (χ0) is 14.4. The zero-order valence-corrected chi connectivity index (χ0v) is 11.3. The number of hydrogen-bond acceptors (Lipinski definition) is 4. The number of benzene rings is 1. The van der Waals surface area contributed by atoms with Crippen molar-refractivity contribution in [1.82, 2.24) is 9.55 Å². The van der Waals surface area contributed by atoms with Gasteiger partial charge in [-0.05, 0) is 12.1 Å². The summed E-state index contributed by atoms with van der Waals surface area (Å²) in [6.45, 7) is 2.40. The molecular weight excluding hydrogens is 258 g/mol. The molecule has 104 valence electrons. The summed E-state index contributed by atoms with van der Waals surface area (Å²) >= 11 is 0. The first kappa shape index (κ1) is 12.7. The second-order valence-corrected chi connectivity index (χ2v) is 5.20. The van der Waals surface area contributed by atoms with E-state index in [9.17, 15) is 14.7 Å². The Labute approximate surface area is 115 Å². The lowest BCUT2D eigenvalue weighted by atomic mass is 9.90. The van der Waals surface area contributed by atoms with Crippen LogP contribution < -0.4 is 10.5 Å². The molecule has 0 amide bonds. The lowest BCUT2D eigenvalue weighted by Gasteiger charge is -2.44. The van der Waals surface area contributed by atoms with E-state index in [2.05, 4.69) is 4.98 Å². The Bertz CT molecular complexity index is 753. The number of hydrogen-bond donors (Lipinski definition) is 1. The van der Waals surface area contributed by atoms with Crippen molar-refractivity contribution in [1.29, 1.82) is 0 Å². The number of nitrogens with zero attached hydrogens (tertiary/aromatic N) is 3. The fraction of sp³-hybridized carbons (Fsp3) is 0.357. The second kappa shape index (κ2) is 4.33. The van der Waals surface area contributed by atoms with Gasteiger partial charge in [-0.15, -0.1) is 0 Å².